The van der Waals surface area contributed by atoms with E-state index in [0.29, 0.717) is 12.4 Å². The Morgan fingerprint density at radius 2 is 2.09 bits per heavy atom. The predicted octanol–water partition coefficient (Wildman–Crippen LogP) is 3.00. The maximum absolute atomic E-state index is 10.1. The fourth-order valence-electron chi connectivity index (χ4n) is 3.34. The summed E-state index contributed by atoms with van der Waals surface area (Å²) in [6.45, 7) is 4.57. The third-order valence-corrected chi connectivity index (χ3v) is 4.51. The van der Waals surface area contributed by atoms with Gasteiger partial charge in [0.05, 0.1) is 5.69 Å². The highest BCUT2D eigenvalue weighted by Gasteiger charge is 2.22. The van der Waals surface area contributed by atoms with Crippen molar-refractivity contribution in [3.8, 4) is 11.4 Å². The lowest BCUT2D eigenvalue weighted by Crippen LogP contribution is -2.09. The van der Waals surface area contributed by atoms with Gasteiger partial charge in [-0.15, -0.1) is 0 Å². The molecule has 3 heterocycles. The quantitative estimate of drug-likeness (QED) is 0.646. The second-order valence-corrected chi connectivity index (χ2v) is 5.89. The van der Waals surface area contributed by atoms with Crippen LogP contribution in [0.4, 0.5) is 5.82 Å². The van der Waals surface area contributed by atoms with E-state index in [4.69, 9.17) is 5.73 Å². The van der Waals surface area contributed by atoms with E-state index in [-0.39, 0.29) is 5.75 Å². The number of hydrogen-bond acceptors (Lipinski definition) is 4. The normalized spacial score (nSPS) is 13.1. The van der Waals surface area contributed by atoms with E-state index in [1.54, 1.807) is 12.3 Å². The van der Waals surface area contributed by atoms with Crippen molar-refractivity contribution >= 4 is 22.9 Å². The van der Waals surface area contributed by atoms with Crippen molar-refractivity contribution in [1.29, 1.82) is 0 Å². The number of nitrogen functional groups attached to an aromatic ring is 1. The number of hydrogen-bond donors (Lipinski definition) is 3. The molecule has 0 spiro atoms. The molecule has 3 aromatic rings. The fourth-order valence-corrected chi connectivity index (χ4v) is 3.34. The molecular weight excluding hydrogens is 288 g/mol. The summed E-state index contributed by atoms with van der Waals surface area (Å²) in [5.41, 5.74) is 12.2. The van der Waals surface area contributed by atoms with Gasteiger partial charge in [-0.2, -0.15) is 0 Å². The van der Waals surface area contributed by atoms with Gasteiger partial charge in [0.2, 0.25) is 0 Å². The topological polar surface area (TPSA) is 76.1 Å². The van der Waals surface area contributed by atoms with Crippen molar-refractivity contribution in [2.75, 3.05) is 5.73 Å². The molecule has 0 amide bonds. The van der Waals surface area contributed by atoms with Crippen LogP contribution in [0.3, 0.4) is 0 Å². The van der Waals surface area contributed by atoms with E-state index < -0.39 is 0 Å². The maximum atomic E-state index is 10.1. The number of aryl methyl sites for hydroxylation is 1. The molecule has 0 unspecified atom stereocenters. The first-order valence-electron chi connectivity index (χ1n) is 7.57. The third-order valence-electron chi connectivity index (χ3n) is 4.51. The zero-order valence-electron chi connectivity index (χ0n) is 13.1. The van der Waals surface area contributed by atoms with Gasteiger partial charge in [0.1, 0.15) is 17.2 Å². The number of anilines is 1. The first-order valence-corrected chi connectivity index (χ1v) is 7.57. The van der Waals surface area contributed by atoms with E-state index >= 15 is 0 Å². The summed E-state index contributed by atoms with van der Waals surface area (Å²) in [7, 11) is 0. The van der Waals surface area contributed by atoms with Crippen molar-refractivity contribution in [3.05, 3.63) is 52.8 Å². The fraction of sp³-hybridized carbons (Fsp3) is 0.167. The van der Waals surface area contributed by atoms with Gasteiger partial charge in [-0.05, 0) is 49.4 Å². The number of phenols is 1. The van der Waals surface area contributed by atoms with Crippen LogP contribution in [0.2, 0.25) is 0 Å². The Kier molecular flexibility index (Phi) is 2.84. The highest BCUT2D eigenvalue weighted by molar-refractivity contribution is 5.95. The lowest BCUT2D eigenvalue weighted by molar-refractivity contribution is 0.470. The van der Waals surface area contributed by atoms with Gasteiger partial charge in [0.15, 0.2) is 0 Å². The van der Waals surface area contributed by atoms with Crippen LogP contribution in [0.1, 0.15) is 22.3 Å². The molecule has 0 saturated carbocycles. The first kappa shape index (κ1) is 13.7. The molecule has 4 N–H and O–H groups in total. The van der Waals surface area contributed by atoms with Crippen LogP contribution >= 0.6 is 0 Å². The molecule has 0 aliphatic carbocycles. The second-order valence-electron chi connectivity index (χ2n) is 5.89. The Morgan fingerprint density at radius 3 is 2.91 bits per heavy atom. The molecule has 5 heteroatoms. The Labute approximate surface area is 134 Å². The molecule has 0 saturated heterocycles. The number of aromatic nitrogens is 2. The summed E-state index contributed by atoms with van der Waals surface area (Å²) < 4.78 is 1.96. The predicted molar refractivity (Wildman–Crippen MR) is 92.5 cm³/mol. The number of nitrogens with one attached hydrogen (secondary N) is 1. The molecule has 0 atom stereocenters. The lowest BCUT2D eigenvalue weighted by Gasteiger charge is -2.15. The standard InChI is InChI=1S/C18H18N4O/c1-10-3-4-14(23)11(2)16(10)22-17(19)13-9-20-7-5-12-6-8-21-18(22)15(12)13/h3-8,20,23H,9,19H2,1-2H3. The highest BCUT2D eigenvalue weighted by atomic mass is 16.3. The highest BCUT2D eigenvalue weighted by Crippen LogP contribution is 2.37. The molecule has 2 aromatic heterocycles. The number of aromatic hydroxyl groups is 1. The maximum Gasteiger partial charge on any atom is 0.147 e. The van der Waals surface area contributed by atoms with Crippen molar-refractivity contribution in [2.45, 2.75) is 20.4 Å². The molecule has 23 heavy (non-hydrogen) atoms. The van der Waals surface area contributed by atoms with Crippen molar-refractivity contribution in [2.24, 2.45) is 0 Å². The molecule has 0 fully saturated rings. The summed E-state index contributed by atoms with van der Waals surface area (Å²) in [6.07, 6.45) is 5.76. The van der Waals surface area contributed by atoms with Crippen LogP contribution in [0, 0.1) is 13.8 Å². The van der Waals surface area contributed by atoms with E-state index in [2.05, 4.69) is 10.3 Å². The van der Waals surface area contributed by atoms with Gasteiger partial charge in [0, 0.05) is 29.3 Å². The van der Waals surface area contributed by atoms with Gasteiger partial charge in [-0.25, -0.2) is 4.98 Å². The zero-order valence-corrected chi connectivity index (χ0v) is 13.1. The Balaban J connectivity index is 2.17. The van der Waals surface area contributed by atoms with Gasteiger partial charge in [0.25, 0.3) is 0 Å². The number of nitrogens with two attached hydrogens (primary N) is 1. The Morgan fingerprint density at radius 1 is 1.26 bits per heavy atom. The minimum absolute atomic E-state index is 0.259. The zero-order chi connectivity index (χ0) is 16.1. The van der Waals surface area contributed by atoms with Crippen LogP contribution in [0.15, 0.2) is 30.6 Å². The minimum atomic E-state index is 0.259. The molecule has 4 rings (SSSR count). The minimum Gasteiger partial charge on any atom is -0.508 e. The van der Waals surface area contributed by atoms with E-state index in [1.165, 1.54) is 0 Å². The smallest absolute Gasteiger partial charge is 0.147 e. The van der Waals surface area contributed by atoms with Crippen molar-refractivity contribution in [1.82, 2.24) is 14.9 Å². The monoisotopic (exact) mass is 306 g/mol. The molecular formula is C18H18N4O. The average molecular weight is 306 g/mol. The lowest BCUT2D eigenvalue weighted by atomic mass is 10.1. The van der Waals surface area contributed by atoms with Gasteiger partial charge < -0.3 is 16.2 Å². The number of pyridine rings is 1. The summed E-state index contributed by atoms with van der Waals surface area (Å²) in [6, 6.07) is 5.60. The summed E-state index contributed by atoms with van der Waals surface area (Å²) in [4.78, 5) is 4.57. The Bertz CT molecular complexity index is 969. The summed E-state index contributed by atoms with van der Waals surface area (Å²) >= 11 is 0. The van der Waals surface area contributed by atoms with Gasteiger partial charge in [-0.1, -0.05) is 6.07 Å². The molecule has 1 aromatic carbocycles. The number of rotatable bonds is 1. The molecule has 0 bridgehead atoms. The van der Waals surface area contributed by atoms with E-state index in [0.717, 1.165) is 39.0 Å². The van der Waals surface area contributed by atoms with Crippen molar-refractivity contribution in [3.63, 3.8) is 0 Å². The van der Waals surface area contributed by atoms with E-state index in [1.807, 2.05) is 42.8 Å². The van der Waals surface area contributed by atoms with Gasteiger partial charge >= 0.3 is 0 Å². The summed E-state index contributed by atoms with van der Waals surface area (Å²) in [5, 5.41) is 14.4. The van der Waals surface area contributed by atoms with Crippen LogP contribution in [0.25, 0.3) is 22.8 Å². The number of nitrogens with zero attached hydrogens (tertiary/aromatic N) is 2. The van der Waals surface area contributed by atoms with E-state index in [9.17, 15) is 5.11 Å². The molecule has 0 radical (unpaired) electrons. The second kappa shape index (κ2) is 4.78. The van der Waals surface area contributed by atoms with Crippen LogP contribution in [-0.2, 0) is 6.54 Å². The average Bonchev–Trinajstić information content (AvgIpc) is 2.71. The number of benzene rings is 1. The first-order chi connectivity index (χ1) is 11.1. The number of phenolic OH excluding ortho intramolecular Hbond substituents is 1. The molecule has 1 aliphatic rings. The third kappa shape index (κ3) is 1.83. The largest absolute Gasteiger partial charge is 0.508 e. The van der Waals surface area contributed by atoms with Crippen LogP contribution < -0.4 is 11.1 Å². The molecule has 5 nitrogen and oxygen atoms in total. The SMILES string of the molecule is Cc1ccc(O)c(C)c1-n1c(N)c2c3c(ccnc31)C=CNC2. The molecule has 116 valence electrons. The van der Waals surface area contributed by atoms with Gasteiger partial charge in [-0.3, -0.25) is 4.57 Å². The van der Waals surface area contributed by atoms with Crippen LogP contribution in [0.5, 0.6) is 5.75 Å². The van der Waals surface area contributed by atoms with Crippen molar-refractivity contribution < 1.29 is 5.11 Å². The van der Waals surface area contributed by atoms with Crippen LogP contribution in [-0.4, -0.2) is 14.7 Å². The Hall–Kier alpha value is -2.95. The summed E-state index contributed by atoms with van der Waals surface area (Å²) in [5.74, 6) is 0.919. The molecule has 1 aliphatic heterocycles.